The van der Waals surface area contributed by atoms with Gasteiger partial charge in [0.25, 0.3) is 0 Å². The van der Waals surface area contributed by atoms with Crippen LogP contribution in [0.3, 0.4) is 0 Å². The second-order valence-electron chi connectivity index (χ2n) is 4.27. The van der Waals surface area contributed by atoms with Gasteiger partial charge in [-0.25, -0.2) is 0 Å². The molecule has 1 aromatic carbocycles. The van der Waals surface area contributed by atoms with Gasteiger partial charge in [0.15, 0.2) is 0 Å². The molecule has 1 aromatic rings. The van der Waals surface area contributed by atoms with Gasteiger partial charge in [0.1, 0.15) is 6.10 Å². The summed E-state index contributed by atoms with van der Waals surface area (Å²) in [7, 11) is 0. The molecule has 0 amide bonds. The SMILES string of the molecule is Cc1ccc(C2CCC(=O)O2)cc1/C=C\CN. The number of hydrogen-bond acceptors (Lipinski definition) is 3. The average Bonchev–Trinajstić information content (AvgIpc) is 2.75. The third kappa shape index (κ3) is 2.74. The van der Waals surface area contributed by atoms with Crippen LogP contribution < -0.4 is 5.73 Å². The van der Waals surface area contributed by atoms with E-state index in [1.807, 2.05) is 18.2 Å². The summed E-state index contributed by atoms with van der Waals surface area (Å²) in [4.78, 5) is 11.1. The average molecular weight is 231 g/mol. The molecule has 0 spiro atoms. The Kier molecular flexibility index (Phi) is 3.59. The van der Waals surface area contributed by atoms with Gasteiger partial charge in [0, 0.05) is 13.0 Å². The Morgan fingerprint density at radius 2 is 2.35 bits per heavy atom. The van der Waals surface area contributed by atoms with Gasteiger partial charge in [0.2, 0.25) is 0 Å². The van der Waals surface area contributed by atoms with E-state index in [1.54, 1.807) is 0 Å². The summed E-state index contributed by atoms with van der Waals surface area (Å²) >= 11 is 0. The lowest BCUT2D eigenvalue weighted by Gasteiger charge is -2.11. The van der Waals surface area contributed by atoms with E-state index in [1.165, 1.54) is 5.56 Å². The molecular weight excluding hydrogens is 214 g/mol. The summed E-state index contributed by atoms with van der Waals surface area (Å²) in [6.45, 7) is 2.59. The molecule has 0 aliphatic carbocycles. The van der Waals surface area contributed by atoms with Gasteiger partial charge in [-0.1, -0.05) is 24.3 Å². The highest BCUT2D eigenvalue weighted by Crippen LogP contribution is 2.30. The fourth-order valence-electron chi connectivity index (χ4n) is 1.99. The second kappa shape index (κ2) is 5.15. The van der Waals surface area contributed by atoms with Crippen LogP contribution in [0.25, 0.3) is 6.08 Å². The first-order valence-corrected chi connectivity index (χ1v) is 5.87. The minimum atomic E-state index is -0.102. The molecule has 17 heavy (non-hydrogen) atoms. The molecule has 1 saturated heterocycles. The van der Waals surface area contributed by atoms with Crippen molar-refractivity contribution in [1.82, 2.24) is 0 Å². The fraction of sp³-hybridized carbons (Fsp3) is 0.357. The maximum absolute atomic E-state index is 11.1. The Labute approximate surface area is 101 Å². The zero-order valence-electron chi connectivity index (χ0n) is 9.98. The monoisotopic (exact) mass is 231 g/mol. The standard InChI is InChI=1S/C14H17NO2/c1-10-4-5-12(9-11(10)3-2-8-15)13-6-7-14(16)17-13/h2-5,9,13H,6-8,15H2,1H3/b3-2-. The van der Waals surface area contributed by atoms with E-state index in [0.717, 1.165) is 17.5 Å². The van der Waals surface area contributed by atoms with Gasteiger partial charge >= 0.3 is 5.97 Å². The molecule has 3 heteroatoms. The molecule has 1 aliphatic rings. The molecule has 2 N–H and O–H groups in total. The van der Waals surface area contributed by atoms with Crippen molar-refractivity contribution < 1.29 is 9.53 Å². The molecule has 0 aromatic heterocycles. The van der Waals surface area contributed by atoms with Crippen LogP contribution in [0.15, 0.2) is 24.3 Å². The number of carbonyl (C=O) groups excluding carboxylic acids is 1. The Hall–Kier alpha value is -1.61. The summed E-state index contributed by atoms with van der Waals surface area (Å²) in [5.41, 5.74) is 8.85. The number of cyclic esters (lactones) is 1. The van der Waals surface area contributed by atoms with Gasteiger partial charge < -0.3 is 10.5 Å². The van der Waals surface area contributed by atoms with E-state index in [-0.39, 0.29) is 12.1 Å². The summed E-state index contributed by atoms with van der Waals surface area (Å²) in [6, 6.07) is 6.15. The lowest BCUT2D eigenvalue weighted by atomic mass is 10.00. The molecule has 3 nitrogen and oxygen atoms in total. The van der Waals surface area contributed by atoms with E-state index in [4.69, 9.17) is 10.5 Å². The van der Waals surface area contributed by atoms with Crippen molar-refractivity contribution in [2.75, 3.05) is 6.54 Å². The first kappa shape index (κ1) is 11.9. The van der Waals surface area contributed by atoms with E-state index in [0.29, 0.717) is 13.0 Å². The maximum Gasteiger partial charge on any atom is 0.306 e. The predicted molar refractivity (Wildman–Crippen MR) is 67.3 cm³/mol. The number of aryl methyl sites for hydroxylation is 1. The predicted octanol–water partition coefficient (Wildman–Crippen LogP) is 2.35. The molecular formula is C14H17NO2. The molecule has 1 atom stereocenters. The van der Waals surface area contributed by atoms with E-state index in [9.17, 15) is 4.79 Å². The van der Waals surface area contributed by atoms with E-state index >= 15 is 0 Å². The van der Waals surface area contributed by atoms with Crippen LogP contribution >= 0.6 is 0 Å². The number of rotatable bonds is 3. The van der Waals surface area contributed by atoms with E-state index in [2.05, 4.69) is 19.1 Å². The Morgan fingerprint density at radius 1 is 1.53 bits per heavy atom. The Balaban J connectivity index is 2.24. The maximum atomic E-state index is 11.1. The molecule has 1 unspecified atom stereocenters. The highest BCUT2D eigenvalue weighted by molar-refractivity contribution is 5.72. The van der Waals surface area contributed by atoms with Gasteiger partial charge in [0.05, 0.1) is 0 Å². The minimum Gasteiger partial charge on any atom is -0.457 e. The van der Waals surface area contributed by atoms with Crippen LogP contribution in [0.1, 0.15) is 35.6 Å². The van der Waals surface area contributed by atoms with Crippen LogP contribution in [0.2, 0.25) is 0 Å². The van der Waals surface area contributed by atoms with Gasteiger partial charge in [-0.3, -0.25) is 4.79 Å². The van der Waals surface area contributed by atoms with E-state index < -0.39 is 0 Å². The molecule has 2 rings (SSSR count). The third-order valence-corrected chi connectivity index (χ3v) is 2.99. The van der Waals surface area contributed by atoms with Crippen LogP contribution in [0.4, 0.5) is 0 Å². The van der Waals surface area contributed by atoms with Crippen molar-refractivity contribution in [2.24, 2.45) is 5.73 Å². The van der Waals surface area contributed by atoms with Crippen LogP contribution in [-0.2, 0) is 9.53 Å². The van der Waals surface area contributed by atoms with Crippen LogP contribution in [0, 0.1) is 6.92 Å². The number of benzene rings is 1. The van der Waals surface area contributed by atoms with Crippen molar-refractivity contribution in [2.45, 2.75) is 25.9 Å². The summed E-state index contributed by atoms with van der Waals surface area (Å²) < 4.78 is 5.26. The van der Waals surface area contributed by atoms with Crippen LogP contribution in [-0.4, -0.2) is 12.5 Å². The molecule has 0 radical (unpaired) electrons. The van der Waals surface area contributed by atoms with Crippen molar-refractivity contribution in [3.05, 3.63) is 41.0 Å². The first-order valence-electron chi connectivity index (χ1n) is 5.87. The van der Waals surface area contributed by atoms with Gasteiger partial charge in [-0.15, -0.1) is 0 Å². The number of hydrogen-bond donors (Lipinski definition) is 1. The van der Waals surface area contributed by atoms with Crippen molar-refractivity contribution in [1.29, 1.82) is 0 Å². The van der Waals surface area contributed by atoms with Crippen molar-refractivity contribution in [3.63, 3.8) is 0 Å². The summed E-state index contributed by atoms with van der Waals surface area (Å²) in [6.07, 6.45) is 5.16. The fourth-order valence-corrected chi connectivity index (χ4v) is 1.99. The third-order valence-electron chi connectivity index (χ3n) is 2.99. The lowest BCUT2D eigenvalue weighted by molar-refractivity contribution is -0.141. The van der Waals surface area contributed by atoms with Crippen molar-refractivity contribution >= 4 is 12.0 Å². The number of ether oxygens (including phenoxy) is 1. The Bertz CT molecular complexity index is 452. The van der Waals surface area contributed by atoms with Gasteiger partial charge in [-0.2, -0.15) is 0 Å². The number of nitrogens with two attached hydrogens (primary N) is 1. The topological polar surface area (TPSA) is 52.3 Å². The first-order chi connectivity index (χ1) is 8.20. The lowest BCUT2D eigenvalue weighted by Crippen LogP contribution is -1.99. The molecule has 1 fully saturated rings. The smallest absolute Gasteiger partial charge is 0.306 e. The number of carbonyl (C=O) groups is 1. The van der Waals surface area contributed by atoms with Crippen molar-refractivity contribution in [3.8, 4) is 0 Å². The van der Waals surface area contributed by atoms with Gasteiger partial charge in [-0.05, 0) is 36.1 Å². The van der Waals surface area contributed by atoms with Crippen LogP contribution in [0.5, 0.6) is 0 Å². The molecule has 90 valence electrons. The summed E-state index contributed by atoms with van der Waals surface area (Å²) in [5, 5.41) is 0. The zero-order valence-corrected chi connectivity index (χ0v) is 9.98. The molecule has 0 saturated carbocycles. The molecule has 1 heterocycles. The highest BCUT2D eigenvalue weighted by atomic mass is 16.5. The minimum absolute atomic E-state index is 0.0758. The number of esters is 1. The second-order valence-corrected chi connectivity index (χ2v) is 4.27. The quantitative estimate of drug-likeness (QED) is 0.812. The summed E-state index contributed by atoms with van der Waals surface area (Å²) in [5.74, 6) is -0.102. The Morgan fingerprint density at radius 3 is 3.00 bits per heavy atom. The normalized spacial score (nSPS) is 19.9. The molecule has 1 aliphatic heterocycles. The largest absolute Gasteiger partial charge is 0.457 e. The molecule has 0 bridgehead atoms. The zero-order chi connectivity index (χ0) is 12.3. The highest BCUT2D eigenvalue weighted by Gasteiger charge is 2.24.